The first-order valence-corrected chi connectivity index (χ1v) is 12.7. The number of benzene rings is 1. The summed E-state index contributed by atoms with van der Waals surface area (Å²) >= 11 is 11.2. The average Bonchev–Trinajstić information content (AvgIpc) is 3.13. The van der Waals surface area contributed by atoms with Crippen molar-refractivity contribution in [3.05, 3.63) is 76.3 Å². The minimum Gasteiger partial charge on any atom is -0.384 e. The van der Waals surface area contributed by atoms with Gasteiger partial charge in [0.05, 0.1) is 28.2 Å². The zero-order chi connectivity index (χ0) is 24.9. The number of ketones is 1. The number of nitro benzene ring substituents is 1. The molecule has 176 valence electrons. The number of anilines is 1. The average molecular weight is 562 g/mol. The lowest BCUT2D eigenvalue weighted by molar-refractivity contribution is -0.384. The van der Waals surface area contributed by atoms with Gasteiger partial charge in [0, 0.05) is 38.0 Å². The second-order valence-electron chi connectivity index (χ2n) is 9.15. The largest absolute Gasteiger partial charge is 0.384 e. The quantitative estimate of drug-likeness (QED) is 0.333. The molecular formula is C24H22BrClN4O3S. The summed E-state index contributed by atoms with van der Waals surface area (Å²) < 4.78 is 0.937. The van der Waals surface area contributed by atoms with Crippen molar-refractivity contribution in [3.63, 3.8) is 0 Å². The fourth-order valence-electron chi connectivity index (χ4n) is 4.68. The summed E-state index contributed by atoms with van der Waals surface area (Å²) in [6.45, 7) is 6.05. The number of halogens is 2. The number of hydrogen-bond acceptors (Lipinski definition) is 7. The second-order valence-corrected chi connectivity index (χ2v) is 11.6. The molecule has 2 aliphatic rings. The maximum atomic E-state index is 13.6. The molecule has 0 amide bonds. The van der Waals surface area contributed by atoms with Crippen molar-refractivity contribution in [2.75, 3.05) is 4.90 Å². The van der Waals surface area contributed by atoms with Crippen molar-refractivity contribution in [1.82, 2.24) is 0 Å². The Morgan fingerprint density at radius 2 is 2.09 bits per heavy atom. The van der Waals surface area contributed by atoms with E-state index in [0.29, 0.717) is 29.8 Å². The van der Waals surface area contributed by atoms with Crippen LogP contribution in [0.5, 0.6) is 0 Å². The van der Waals surface area contributed by atoms with E-state index in [9.17, 15) is 20.2 Å². The van der Waals surface area contributed by atoms with E-state index < -0.39 is 10.8 Å². The zero-order valence-corrected chi connectivity index (χ0v) is 22.0. The van der Waals surface area contributed by atoms with Gasteiger partial charge in [0.2, 0.25) is 0 Å². The number of allylic oxidation sites excluding steroid dienone is 3. The SMILES string of the molecule is CCc1sc(C2C(C#N)=C(N)N(c3ccc(Cl)c([N+](=O)[O-])c3)C3=C2C(=O)CC(C)(C)C3)cc1Br. The van der Waals surface area contributed by atoms with Gasteiger partial charge in [0.25, 0.3) is 5.69 Å². The molecule has 2 N–H and O–H groups in total. The van der Waals surface area contributed by atoms with Crippen molar-refractivity contribution >= 4 is 56.0 Å². The van der Waals surface area contributed by atoms with Gasteiger partial charge in [-0.05, 0) is 52.4 Å². The lowest BCUT2D eigenvalue weighted by Crippen LogP contribution is -2.42. The van der Waals surface area contributed by atoms with Gasteiger partial charge in [0.15, 0.2) is 5.78 Å². The Morgan fingerprint density at radius 1 is 1.38 bits per heavy atom. The lowest BCUT2D eigenvalue weighted by Gasteiger charge is -2.43. The third kappa shape index (κ3) is 4.04. The molecule has 0 saturated heterocycles. The van der Waals surface area contributed by atoms with Gasteiger partial charge in [-0.1, -0.05) is 32.4 Å². The first-order valence-electron chi connectivity index (χ1n) is 10.7. The Hall–Kier alpha value is -2.67. The summed E-state index contributed by atoms with van der Waals surface area (Å²) in [5.41, 5.74) is 7.82. The van der Waals surface area contributed by atoms with Crippen LogP contribution in [-0.2, 0) is 11.2 Å². The molecule has 1 aliphatic carbocycles. The van der Waals surface area contributed by atoms with Gasteiger partial charge < -0.3 is 5.73 Å². The molecule has 10 heteroatoms. The number of aryl methyl sites for hydroxylation is 1. The third-order valence-corrected chi connectivity index (χ3v) is 8.78. The van der Waals surface area contributed by atoms with E-state index in [2.05, 4.69) is 22.0 Å². The highest BCUT2D eigenvalue weighted by molar-refractivity contribution is 9.10. The zero-order valence-electron chi connectivity index (χ0n) is 18.8. The summed E-state index contributed by atoms with van der Waals surface area (Å²) in [4.78, 5) is 28.1. The lowest BCUT2D eigenvalue weighted by atomic mass is 9.69. The molecule has 2 aromatic rings. The van der Waals surface area contributed by atoms with Crippen LogP contribution in [0.1, 0.15) is 49.3 Å². The fraction of sp³-hybridized carbons (Fsp3) is 0.333. The molecule has 34 heavy (non-hydrogen) atoms. The van der Waals surface area contributed by atoms with Crippen molar-refractivity contribution in [3.8, 4) is 6.07 Å². The number of carbonyl (C=O) groups is 1. The summed E-state index contributed by atoms with van der Waals surface area (Å²) in [5, 5.41) is 21.7. The van der Waals surface area contributed by atoms with Crippen LogP contribution in [-0.4, -0.2) is 10.7 Å². The van der Waals surface area contributed by atoms with Gasteiger partial charge >= 0.3 is 0 Å². The minimum atomic E-state index is -0.580. The predicted octanol–water partition coefficient (Wildman–Crippen LogP) is 6.58. The van der Waals surface area contributed by atoms with E-state index in [1.807, 2.05) is 26.8 Å². The number of nitriles is 1. The summed E-state index contributed by atoms with van der Waals surface area (Å²) in [5.74, 6) is -0.466. The van der Waals surface area contributed by atoms with Crippen LogP contribution in [0.25, 0.3) is 0 Å². The smallest absolute Gasteiger partial charge is 0.289 e. The number of nitro groups is 1. The Morgan fingerprint density at radius 3 is 2.68 bits per heavy atom. The number of thiophene rings is 1. The molecule has 1 aromatic heterocycles. The molecule has 2 heterocycles. The molecule has 1 aromatic carbocycles. The van der Waals surface area contributed by atoms with Gasteiger partial charge in [-0.2, -0.15) is 5.26 Å². The van der Waals surface area contributed by atoms with E-state index in [1.165, 1.54) is 12.1 Å². The highest BCUT2D eigenvalue weighted by Gasteiger charge is 2.45. The monoisotopic (exact) mass is 560 g/mol. The number of hydrogen-bond donors (Lipinski definition) is 1. The Balaban J connectivity index is 2.01. The van der Waals surface area contributed by atoms with Gasteiger partial charge in [0.1, 0.15) is 10.8 Å². The van der Waals surface area contributed by atoms with Crippen LogP contribution in [0, 0.1) is 26.9 Å². The van der Waals surface area contributed by atoms with Crippen LogP contribution in [0.2, 0.25) is 5.02 Å². The van der Waals surface area contributed by atoms with Gasteiger partial charge in [-0.3, -0.25) is 19.8 Å². The van der Waals surface area contributed by atoms with E-state index in [4.69, 9.17) is 17.3 Å². The summed E-state index contributed by atoms with van der Waals surface area (Å²) in [7, 11) is 0. The first kappa shape index (κ1) is 24.5. The van der Waals surface area contributed by atoms with Crippen molar-refractivity contribution in [2.45, 2.75) is 46.0 Å². The molecule has 1 atom stereocenters. The molecule has 7 nitrogen and oxygen atoms in total. The molecule has 0 spiro atoms. The fourth-order valence-corrected chi connectivity index (χ4v) is 6.90. The number of carbonyl (C=O) groups excluding carboxylic acids is 1. The highest BCUT2D eigenvalue weighted by atomic mass is 79.9. The second kappa shape index (κ2) is 8.84. The molecular weight excluding hydrogens is 540 g/mol. The van der Waals surface area contributed by atoms with Crippen molar-refractivity contribution in [2.24, 2.45) is 11.1 Å². The number of Topliss-reactive ketones (excluding diaryl/α,β-unsaturated/α-hetero) is 1. The molecule has 0 bridgehead atoms. The van der Waals surface area contributed by atoms with Gasteiger partial charge in [-0.15, -0.1) is 11.3 Å². The summed E-state index contributed by atoms with van der Waals surface area (Å²) in [6.07, 6.45) is 1.67. The minimum absolute atomic E-state index is 0.00326. The number of rotatable bonds is 4. The van der Waals surface area contributed by atoms with E-state index in [1.54, 1.807) is 22.3 Å². The van der Waals surface area contributed by atoms with Crippen molar-refractivity contribution in [1.29, 1.82) is 5.26 Å². The van der Waals surface area contributed by atoms with Crippen LogP contribution < -0.4 is 10.6 Å². The van der Waals surface area contributed by atoms with Crippen LogP contribution in [0.15, 0.2) is 51.4 Å². The molecule has 0 fully saturated rings. The summed E-state index contributed by atoms with van der Waals surface area (Å²) in [6, 6.07) is 8.57. The normalized spacial score (nSPS) is 19.8. The van der Waals surface area contributed by atoms with Crippen LogP contribution in [0.3, 0.4) is 0 Å². The molecule has 0 saturated carbocycles. The maximum Gasteiger partial charge on any atom is 0.289 e. The first-order chi connectivity index (χ1) is 16.0. The van der Waals surface area contributed by atoms with E-state index >= 15 is 0 Å². The Bertz CT molecular complexity index is 1340. The molecule has 4 rings (SSSR count). The Labute approximate surface area is 214 Å². The van der Waals surface area contributed by atoms with Gasteiger partial charge in [-0.25, -0.2) is 0 Å². The van der Waals surface area contributed by atoms with Crippen LogP contribution >= 0.6 is 38.9 Å². The predicted molar refractivity (Wildman–Crippen MR) is 137 cm³/mol. The number of nitrogens with zero attached hydrogens (tertiary/aromatic N) is 3. The van der Waals surface area contributed by atoms with Crippen molar-refractivity contribution < 1.29 is 9.72 Å². The Kier molecular flexibility index (Phi) is 6.36. The topological polar surface area (TPSA) is 113 Å². The van der Waals surface area contributed by atoms with E-state index in [0.717, 1.165) is 20.6 Å². The third-order valence-electron chi connectivity index (χ3n) is 6.15. The molecule has 0 radical (unpaired) electrons. The standard InChI is InChI=1S/C24H22BrClN4O3S/c1-4-19-14(25)8-20(34-19)21-13(11-27)23(28)29(12-5-6-15(26)16(7-12)30(32)33)17-9-24(2,3)10-18(31)22(17)21/h5-8,21H,4,9-10,28H2,1-3H3. The molecule has 1 unspecified atom stereocenters. The molecule has 1 aliphatic heterocycles. The van der Waals surface area contributed by atoms with Crippen LogP contribution in [0.4, 0.5) is 11.4 Å². The van der Waals surface area contributed by atoms with E-state index in [-0.39, 0.29) is 33.3 Å². The maximum absolute atomic E-state index is 13.6. The number of nitrogens with two attached hydrogens (primary N) is 1. The highest BCUT2D eigenvalue weighted by Crippen LogP contribution is 2.52.